The standard InChI is InChI=1S/C33H25BFN/c1-33(2)29-18-21(7-14-25(29)26-15-9-22(34)19-30(26)33)20-8-16-32-28(17-20)27-5-3-4-6-31(27)36(32)24-12-10-23(35)11-13-24/h3-19H,34H2,1-2H3. The smallest absolute Gasteiger partial charge is 0.139 e. The molecule has 0 aliphatic heterocycles. The van der Waals surface area contributed by atoms with E-state index in [0.717, 1.165) is 16.7 Å². The molecule has 6 aromatic rings. The Hall–Kier alpha value is -4.11. The summed E-state index contributed by atoms with van der Waals surface area (Å²) in [5, 5.41) is 2.40. The highest BCUT2D eigenvalue weighted by atomic mass is 19.1. The summed E-state index contributed by atoms with van der Waals surface area (Å²) in [6.07, 6.45) is 0. The molecule has 1 aliphatic carbocycles. The molecule has 1 aliphatic rings. The SMILES string of the molecule is Bc1ccc2c(c1)C(C)(C)c1cc(-c3ccc4c(c3)c3ccccc3n4-c3ccc(F)cc3)ccc1-2. The van der Waals surface area contributed by atoms with Gasteiger partial charge in [0.2, 0.25) is 0 Å². The average Bonchev–Trinajstić information content (AvgIpc) is 3.33. The van der Waals surface area contributed by atoms with Gasteiger partial charge in [0.15, 0.2) is 0 Å². The van der Waals surface area contributed by atoms with Gasteiger partial charge < -0.3 is 4.57 Å². The Balaban J connectivity index is 1.42. The highest BCUT2D eigenvalue weighted by Gasteiger charge is 2.35. The van der Waals surface area contributed by atoms with Crippen molar-refractivity contribution in [3.05, 3.63) is 120 Å². The van der Waals surface area contributed by atoms with Crippen molar-refractivity contribution >= 4 is 35.1 Å². The maximum atomic E-state index is 13.6. The molecule has 0 amide bonds. The number of aromatic nitrogens is 1. The molecule has 5 aromatic carbocycles. The van der Waals surface area contributed by atoms with Crippen LogP contribution in [0.3, 0.4) is 0 Å². The van der Waals surface area contributed by atoms with Gasteiger partial charge in [-0.2, -0.15) is 0 Å². The molecule has 1 heterocycles. The summed E-state index contributed by atoms with van der Waals surface area (Å²) in [5.41, 5.74) is 12.4. The maximum Gasteiger partial charge on any atom is 0.139 e. The van der Waals surface area contributed by atoms with Crippen molar-refractivity contribution in [1.29, 1.82) is 0 Å². The van der Waals surface area contributed by atoms with Crippen LogP contribution >= 0.6 is 0 Å². The molecule has 172 valence electrons. The number of nitrogens with zero attached hydrogens (tertiary/aromatic N) is 1. The fourth-order valence-electron chi connectivity index (χ4n) is 6.05. The molecule has 0 saturated carbocycles. The number of halogens is 1. The van der Waals surface area contributed by atoms with E-state index < -0.39 is 0 Å². The zero-order chi connectivity index (χ0) is 24.6. The quantitative estimate of drug-likeness (QED) is 0.239. The molecule has 7 rings (SSSR count). The monoisotopic (exact) mass is 465 g/mol. The van der Waals surface area contributed by atoms with Crippen LogP contribution in [-0.2, 0) is 5.41 Å². The lowest BCUT2D eigenvalue weighted by molar-refractivity contribution is 0.627. The van der Waals surface area contributed by atoms with Gasteiger partial charge in [0, 0.05) is 21.9 Å². The zero-order valence-corrected chi connectivity index (χ0v) is 20.6. The van der Waals surface area contributed by atoms with Crippen molar-refractivity contribution in [3.63, 3.8) is 0 Å². The van der Waals surface area contributed by atoms with E-state index >= 15 is 0 Å². The third-order valence-electron chi connectivity index (χ3n) is 7.92. The normalized spacial score (nSPS) is 13.8. The average molecular weight is 465 g/mol. The molecule has 0 atom stereocenters. The molecule has 0 bridgehead atoms. The van der Waals surface area contributed by atoms with Crippen molar-refractivity contribution < 1.29 is 4.39 Å². The Labute approximate surface area is 211 Å². The molecule has 0 radical (unpaired) electrons. The summed E-state index contributed by atoms with van der Waals surface area (Å²) in [6.45, 7) is 4.67. The summed E-state index contributed by atoms with van der Waals surface area (Å²) < 4.78 is 15.9. The minimum absolute atomic E-state index is 0.0323. The van der Waals surface area contributed by atoms with Gasteiger partial charge in [0.1, 0.15) is 13.7 Å². The Bertz CT molecular complexity index is 1830. The number of benzene rings is 5. The molecule has 3 heteroatoms. The van der Waals surface area contributed by atoms with Gasteiger partial charge in [-0.05, 0) is 81.9 Å². The van der Waals surface area contributed by atoms with E-state index in [-0.39, 0.29) is 11.2 Å². The van der Waals surface area contributed by atoms with Crippen LogP contribution in [0.5, 0.6) is 0 Å². The van der Waals surface area contributed by atoms with Gasteiger partial charge in [-0.3, -0.25) is 0 Å². The predicted octanol–water partition coefficient (Wildman–Crippen LogP) is 7.15. The van der Waals surface area contributed by atoms with Crippen LogP contribution in [0.2, 0.25) is 0 Å². The maximum absolute atomic E-state index is 13.6. The van der Waals surface area contributed by atoms with Crippen LogP contribution in [0.4, 0.5) is 4.39 Å². The van der Waals surface area contributed by atoms with Crippen molar-refractivity contribution in [3.8, 4) is 27.9 Å². The zero-order valence-electron chi connectivity index (χ0n) is 20.6. The fourth-order valence-corrected chi connectivity index (χ4v) is 6.05. The van der Waals surface area contributed by atoms with E-state index in [1.165, 1.54) is 61.7 Å². The second-order valence-corrected chi connectivity index (χ2v) is 10.5. The number of hydrogen-bond acceptors (Lipinski definition) is 0. The van der Waals surface area contributed by atoms with Gasteiger partial charge in [-0.25, -0.2) is 4.39 Å². The molecule has 0 unspecified atom stereocenters. The molecule has 36 heavy (non-hydrogen) atoms. The lowest BCUT2D eigenvalue weighted by Crippen LogP contribution is -2.17. The van der Waals surface area contributed by atoms with Crippen LogP contribution in [0.15, 0.2) is 103 Å². The van der Waals surface area contributed by atoms with E-state index in [0.29, 0.717) is 0 Å². The largest absolute Gasteiger partial charge is 0.309 e. The summed E-state index contributed by atoms with van der Waals surface area (Å²) >= 11 is 0. The second-order valence-electron chi connectivity index (χ2n) is 10.5. The molecule has 0 N–H and O–H groups in total. The summed E-state index contributed by atoms with van der Waals surface area (Å²) in [4.78, 5) is 0. The number of hydrogen-bond donors (Lipinski definition) is 0. The number of fused-ring (bicyclic) bond motifs is 6. The lowest BCUT2D eigenvalue weighted by atomic mass is 9.79. The molecule has 1 nitrogen and oxygen atoms in total. The molecular weight excluding hydrogens is 440 g/mol. The highest BCUT2D eigenvalue weighted by Crippen LogP contribution is 2.49. The van der Waals surface area contributed by atoms with E-state index in [2.05, 4.69) is 105 Å². The van der Waals surface area contributed by atoms with Gasteiger partial charge in [0.05, 0.1) is 11.0 Å². The van der Waals surface area contributed by atoms with Crippen molar-refractivity contribution in [1.82, 2.24) is 4.57 Å². The summed E-state index contributed by atoms with van der Waals surface area (Å²) in [7, 11) is 2.17. The number of para-hydroxylation sites is 1. The van der Waals surface area contributed by atoms with Crippen LogP contribution in [0.25, 0.3) is 49.7 Å². The first-order valence-corrected chi connectivity index (χ1v) is 12.5. The third-order valence-corrected chi connectivity index (χ3v) is 7.92. The molecule has 0 spiro atoms. The Kier molecular flexibility index (Phi) is 4.38. The summed E-state index contributed by atoms with van der Waals surface area (Å²) in [5.74, 6) is -0.223. The lowest BCUT2D eigenvalue weighted by Gasteiger charge is -2.22. The number of rotatable bonds is 2. The third kappa shape index (κ3) is 2.96. The van der Waals surface area contributed by atoms with E-state index in [4.69, 9.17) is 0 Å². The van der Waals surface area contributed by atoms with E-state index in [9.17, 15) is 4.39 Å². The highest BCUT2D eigenvalue weighted by molar-refractivity contribution is 6.32. The molecule has 0 fully saturated rings. The predicted molar refractivity (Wildman–Crippen MR) is 152 cm³/mol. The van der Waals surface area contributed by atoms with E-state index in [1.807, 2.05) is 12.1 Å². The Morgan fingerprint density at radius 1 is 0.639 bits per heavy atom. The van der Waals surface area contributed by atoms with Gasteiger partial charge in [0.25, 0.3) is 0 Å². The van der Waals surface area contributed by atoms with Crippen molar-refractivity contribution in [2.75, 3.05) is 0 Å². The van der Waals surface area contributed by atoms with Crippen LogP contribution in [0, 0.1) is 5.82 Å². The Morgan fingerprint density at radius 2 is 1.28 bits per heavy atom. The molecule has 0 saturated heterocycles. The van der Waals surface area contributed by atoms with Crippen molar-refractivity contribution in [2.24, 2.45) is 0 Å². The first-order chi connectivity index (χ1) is 17.4. The molecule has 1 aromatic heterocycles. The van der Waals surface area contributed by atoms with E-state index in [1.54, 1.807) is 0 Å². The van der Waals surface area contributed by atoms with Crippen molar-refractivity contribution in [2.45, 2.75) is 19.3 Å². The van der Waals surface area contributed by atoms with Crippen LogP contribution in [0.1, 0.15) is 25.0 Å². The molecular formula is C33H25BFN. The van der Waals surface area contributed by atoms with Crippen LogP contribution < -0.4 is 5.46 Å². The fraction of sp³-hybridized carbons (Fsp3) is 0.0909. The Morgan fingerprint density at radius 3 is 2.08 bits per heavy atom. The van der Waals surface area contributed by atoms with Crippen LogP contribution in [-0.4, -0.2) is 12.4 Å². The van der Waals surface area contributed by atoms with Gasteiger partial charge in [-0.1, -0.05) is 73.9 Å². The first kappa shape index (κ1) is 21.2. The minimum Gasteiger partial charge on any atom is -0.309 e. The minimum atomic E-state index is -0.223. The second kappa shape index (κ2) is 7.45. The van der Waals surface area contributed by atoms with Gasteiger partial charge >= 0.3 is 0 Å². The first-order valence-electron chi connectivity index (χ1n) is 12.5. The summed E-state index contributed by atoms with van der Waals surface area (Å²) in [6, 6.07) is 35.6. The van der Waals surface area contributed by atoms with Gasteiger partial charge in [-0.15, -0.1) is 0 Å². The topological polar surface area (TPSA) is 4.93 Å².